The molecule has 6 bridgehead atoms. The van der Waals surface area contributed by atoms with Crippen molar-refractivity contribution in [3.05, 3.63) is 0 Å². The van der Waals surface area contributed by atoms with Crippen LogP contribution in [0.4, 0.5) is 0 Å². The van der Waals surface area contributed by atoms with E-state index in [0.29, 0.717) is 11.8 Å². The lowest BCUT2D eigenvalue weighted by Crippen LogP contribution is -2.43. The Balaban J connectivity index is 1.70. The van der Waals surface area contributed by atoms with Crippen molar-refractivity contribution in [2.24, 2.45) is 41.4 Å². The van der Waals surface area contributed by atoms with Crippen LogP contribution in [0, 0.1) is 41.4 Å². The van der Waals surface area contributed by atoms with Crippen molar-refractivity contribution in [1.29, 1.82) is 0 Å². The maximum absolute atomic E-state index is 12.3. The van der Waals surface area contributed by atoms with Gasteiger partial charge in [0.2, 0.25) is 0 Å². The summed E-state index contributed by atoms with van der Waals surface area (Å²) in [6, 6.07) is 0. The summed E-state index contributed by atoms with van der Waals surface area (Å²) in [5.41, 5.74) is 0. The Bertz CT molecular complexity index is 604. The maximum Gasteiger partial charge on any atom is 0.355 e. The molecule has 0 N–H and O–H groups in total. The van der Waals surface area contributed by atoms with Gasteiger partial charge >= 0.3 is 9.33 Å². The fourth-order valence-corrected chi connectivity index (χ4v) is 8.00. The Morgan fingerprint density at radius 3 is 2.61 bits per heavy atom. The van der Waals surface area contributed by atoms with Crippen LogP contribution < -0.4 is 0 Å². The highest BCUT2D eigenvalue weighted by molar-refractivity contribution is 8.10. The molecule has 0 aromatic heterocycles. The summed E-state index contributed by atoms with van der Waals surface area (Å²) in [5.74, 6) is 1.44. The summed E-state index contributed by atoms with van der Waals surface area (Å²) < 4.78 is 27.5. The van der Waals surface area contributed by atoms with E-state index in [4.69, 9.17) is 26.5 Å². The Morgan fingerprint density at radius 2 is 2.00 bits per heavy atom. The summed E-state index contributed by atoms with van der Waals surface area (Å²) in [5, 5.41) is 0. The van der Waals surface area contributed by atoms with Crippen LogP contribution >= 0.6 is 22.3 Å². The van der Waals surface area contributed by atoms with Gasteiger partial charge < -0.3 is 0 Å². The van der Waals surface area contributed by atoms with Gasteiger partial charge in [0.1, 0.15) is 11.9 Å². The number of hydrogen-bond donors (Lipinski definition) is 0. The van der Waals surface area contributed by atoms with Gasteiger partial charge in [0.15, 0.2) is 0 Å². The molecule has 9 atom stereocenters. The lowest BCUT2D eigenvalue weighted by molar-refractivity contribution is -0.122. The topological polar surface area (TPSA) is 60.4 Å². The molecule has 6 aliphatic carbocycles. The molecule has 0 saturated heterocycles. The van der Waals surface area contributed by atoms with E-state index in [0.717, 1.165) is 6.42 Å². The van der Waals surface area contributed by atoms with Gasteiger partial charge in [-0.15, -0.1) is 11.6 Å². The molecule has 0 aromatic carbocycles. The van der Waals surface area contributed by atoms with Gasteiger partial charge in [-0.1, -0.05) is 0 Å². The van der Waals surface area contributed by atoms with Crippen LogP contribution in [0.1, 0.15) is 6.42 Å². The number of ketones is 1. The molecule has 1 unspecified atom stereocenters. The molecule has 6 fully saturated rings. The van der Waals surface area contributed by atoms with E-state index in [1.165, 1.54) is 0 Å². The second-order valence-corrected chi connectivity index (χ2v) is 9.15. The molecular weight excluding hydrogens is 299 g/mol. The zero-order valence-corrected chi connectivity index (χ0v) is 11.5. The monoisotopic (exact) mass is 308 g/mol. The van der Waals surface area contributed by atoms with Crippen LogP contribution in [0.2, 0.25) is 0 Å². The highest BCUT2D eigenvalue weighted by atomic mass is 35.7. The Morgan fingerprint density at radius 1 is 1.28 bits per heavy atom. The summed E-state index contributed by atoms with van der Waals surface area (Å²) in [4.78, 5) is 11.5. The molecule has 7 heteroatoms. The lowest BCUT2D eigenvalue weighted by Gasteiger charge is -2.36. The summed E-state index contributed by atoms with van der Waals surface area (Å²) in [7, 11) is 1.17. The molecule has 6 aliphatic rings. The van der Waals surface area contributed by atoms with Gasteiger partial charge in [0.05, 0.1) is 4.87 Å². The molecule has 0 aliphatic heterocycles. The number of hydrogen-bond acceptors (Lipinski definition) is 4. The minimum absolute atomic E-state index is 0.0744. The number of halogens is 2. The van der Waals surface area contributed by atoms with E-state index >= 15 is 0 Å². The molecule has 18 heavy (non-hydrogen) atoms. The number of rotatable bonds is 2. The first-order valence-corrected chi connectivity index (χ1v) is 8.82. The fourth-order valence-electron chi connectivity index (χ4n) is 6.43. The van der Waals surface area contributed by atoms with Crippen molar-refractivity contribution in [2.45, 2.75) is 17.4 Å². The SMILES string of the molecule is O=C1[C@H]2[C@@H]3C[C@@H]4[C@@H]5C(OS(=O)(=O)Cl)[C@](Cl)([C@@H]42)[C@H]1[C@@H]35. The minimum atomic E-state index is -4.04. The summed E-state index contributed by atoms with van der Waals surface area (Å²) >= 11 is 6.71. The van der Waals surface area contributed by atoms with Crippen molar-refractivity contribution >= 4 is 37.4 Å². The highest BCUT2D eigenvalue weighted by Gasteiger charge is 2.90. The van der Waals surface area contributed by atoms with Crippen LogP contribution in [0.3, 0.4) is 0 Å². The third-order valence-electron chi connectivity index (χ3n) is 6.30. The maximum atomic E-state index is 12.3. The average molecular weight is 309 g/mol. The number of alkyl halides is 1. The molecule has 0 radical (unpaired) electrons. The van der Waals surface area contributed by atoms with E-state index in [9.17, 15) is 13.2 Å². The second kappa shape index (κ2) is 2.65. The van der Waals surface area contributed by atoms with Gasteiger partial charge in [-0.25, -0.2) is 0 Å². The van der Waals surface area contributed by atoms with E-state index in [1.807, 2.05) is 0 Å². The van der Waals surface area contributed by atoms with Crippen molar-refractivity contribution in [3.63, 3.8) is 0 Å². The van der Waals surface area contributed by atoms with Gasteiger partial charge in [-0.05, 0) is 36.0 Å². The Kier molecular flexibility index (Phi) is 1.60. The van der Waals surface area contributed by atoms with Crippen LogP contribution in [0.15, 0.2) is 0 Å². The lowest BCUT2D eigenvalue weighted by atomic mass is 9.71. The molecule has 6 rings (SSSR count). The quantitative estimate of drug-likeness (QED) is 0.567. The van der Waals surface area contributed by atoms with E-state index in [-0.39, 0.29) is 35.4 Å². The molecular formula is C11H10Cl2O4S. The number of carbonyl (C=O) groups is 1. The van der Waals surface area contributed by atoms with E-state index < -0.39 is 20.3 Å². The molecule has 0 aromatic rings. The first kappa shape index (κ1) is 10.9. The standard InChI is InChI=1S/C11H10Cl2O4S/c12-11-7-3-1-2-4(8(11)9(14)6(2)7)5(3)10(11)17-18(13,15)16/h2-8,10H,1H2/t2-,3-,4+,5+,6+,7+,8+,10?,11+/m1/s1. The van der Waals surface area contributed by atoms with Gasteiger partial charge in [0, 0.05) is 22.5 Å². The van der Waals surface area contributed by atoms with Crippen molar-refractivity contribution in [1.82, 2.24) is 0 Å². The number of carbonyl (C=O) groups excluding carboxylic acids is 1. The molecule has 4 nitrogen and oxygen atoms in total. The average Bonchev–Trinajstić information content (AvgIpc) is 2.91. The minimum Gasteiger partial charge on any atom is -0.299 e. The molecule has 6 saturated carbocycles. The zero-order valence-electron chi connectivity index (χ0n) is 9.12. The van der Waals surface area contributed by atoms with E-state index in [2.05, 4.69) is 0 Å². The summed E-state index contributed by atoms with van der Waals surface area (Å²) in [6.45, 7) is 0. The zero-order chi connectivity index (χ0) is 12.6. The van der Waals surface area contributed by atoms with Gasteiger partial charge in [0.25, 0.3) is 0 Å². The summed E-state index contributed by atoms with van der Waals surface area (Å²) in [6.07, 6.45) is 0.428. The van der Waals surface area contributed by atoms with Gasteiger partial charge in [-0.2, -0.15) is 8.42 Å². The van der Waals surface area contributed by atoms with Crippen LogP contribution in [-0.4, -0.2) is 25.2 Å². The molecule has 98 valence electrons. The predicted octanol–water partition coefficient (Wildman–Crippen LogP) is 1.17. The first-order chi connectivity index (χ1) is 8.36. The first-order valence-electron chi connectivity index (χ1n) is 6.21. The largest absolute Gasteiger partial charge is 0.355 e. The Labute approximate surface area is 114 Å². The van der Waals surface area contributed by atoms with E-state index in [1.54, 1.807) is 0 Å². The van der Waals surface area contributed by atoms with Crippen molar-refractivity contribution in [2.75, 3.05) is 0 Å². The van der Waals surface area contributed by atoms with Crippen LogP contribution in [0.25, 0.3) is 0 Å². The molecule has 0 amide bonds. The normalized spacial score (nSPS) is 66.0. The second-order valence-electron chi connectivity index (χ2n) is 6.39. The Hall–Kier alpha value is 0.160. The van der Waals surface area contributed by atoms with Crippen LogP contribution in [0.5, 0.6) is 0 Å². The number of Topliss-reactive ketones (excluding diaryl/α,β-unsaturated/α-hetero) is 1. The fraction of sp³-hybridized carbons (Fsp3) is 0.909. The van der Waals surface area contributed by atoms with Crippen LogP contribution in [-0.2, 0) is 18.3 Å². The predicted molar refractivity (Wildman–Crippen MR) is 62.3 cm³/mol. The highest BCUT2D eigenvalue weighted by Crippen LogP contribution is 2.84. The molecule has 0 spiro atoms. The third-order valence-corrected chi connectivity index (χ3v) is 7.66. The smallest absolute Gasteiger partial charge is 0.299 e. The third kappa shape index (κ3) is 0.823. The van der Waals surface area contributed by atoms with Crippen molar-refractivity contribution in [3.8, 4) is 0 Å². The van der Waals surface area contributed by atoms with Crippen molar-refractivity contribution < 1.29 is 17.4 Å². The van der Waals surface area contributed by atoms with Gasteiger partial charge in [-0.3, -0.25) is 8.98 Å². The molecule has 0 heterocycles.